The maximum absolute atomic E-state index is 6.78. The van der Waals surface area contributed by atoms with E-state index in [1.54, 1.807) is 0 Å². The quantitative estimate of drug-likeness (QED) is 0.118. The van der Waals surface area contributed by atoms with Crippen molar-refractivity contribution in [3.05, 3.63) is 269 Å². The SMILES string of the molecule is CC(C)(C)c1ccnc(-n2c3[c-]c(Oc4[c-]c(-n5[c-][n+](-c6c7c8cc(c6CCc6ccc(cc6-c6ccccc6)CC8)CCc6ccc(cc6-c6ccccc6)CC7)c6ccccc65)ccc4)ccc3c3ccccc32)c1.[Pt]. The molecule has 3 aromatic heterocycles. The predicted octanol–water partition coefficient (Wildman–Crippen LogP) is 16.0. The summed E-state index contributed by atoms with van der Waals surface area (Å²) in [7, 11) is 0. The number of benzene rings is 9. The Kier molecular flexibility index (Phi) is 12.9. The fraction of sp³-hybridized carbons (Fsp3) is 0.167. The molecule has 0 atom stereocenters. The van der Waals surface area contributed by atoms with Crippen LogP contribution in [0.2, 0.25) is 0 Å². The maximum Gasteiger partial charge on any atom is 0.268 e. The molecule has 12 aromatic rings. The largest absolute Gasteiger partial charge is 0.510 e. The summed E-state index contributed by atoms with van der Waals surface area (Å²) in [5, 5.41) is 2.24. The fourth-order valence-electron chi connectivity index (χ4n) is 12.3. The molecular weight excluding hydrogens is 1130 g/mol. The summed E-state index contributed by atoms with van der Waals surface area (Å²) in [5.41, 5.74) is 24.0. The molecule has 0 saturated heterocycles. The summed E-state index contributed by atoms with van der Waals surface area (Å²) in [4.78, 5) is 4.90. The van der Waals surface area contributed by atoms with E-state index >= 15 is 0 Å². The van der Waals surface area contributed by atoms with Gasteiger partial charge in [-0.3, -0.25) is 4.57 Å². The van der Waals surface area contributed by atoms with E-state index in [1.807, 2.05) is 18.3 Å². The molecule has 78 heavy (non-hydrogen) atoms. The first-order valence-corrected chi connectivity index (χ1v) is 27.4. The number of imidazole rings is 1. The van der Waals surface area contributed by atoms with Crippen molar-refractivity contribution in [1.29, 1.82) is 0 Å². The van der Waals surface area contributed by atoms with Crippen molar-refractivity contribution in [1.82, 2.24) is 14.1 Å². The molecule has 0 aliphatic heterocycles. The smallest absolute Gasteiger partial charge is 0.268 e. The number of hydrogen-bond acceptors (Lipinski definition) is 2. The Labute approximate surface area is 471 Å². The second-order valence-electron chi connectivity index (χ2n) is 22.1. The zero-order valence-corrected chi connectivity index (χ0v) is 46.5. The molecule has 8 aliphatic carbocycles. The summed E-state index contributed by atoms with van der Waals surface area (Å²) in [6.07, 6.45) is 13.4. The van der Waals surface area contributed by atoms with E-state index in [9.17, 15) is 0 Å². The zero-order valence-electron chi connectivity index (χ0n) is 44.2. The number of para-hydroxylation sites is 3. The number of ether oxygens (including phenoxy) is 1. The van der Waals surface area contributed by atoms with Gasteiger partial charge in [-0.25, -0.2) is 4.98 Å². The first kappa shape index (κ1) is 49.5. The van der Waals surface area contributed by atoms with Gasteiger partial charge in [0.05, 0.1) is 16.7 Å². The molecule has 0 fully saturated rings. The Hall–Kier alpha value is -8.11. The van der Waals surface area contributed by atoms with Crippen molar-refractivity contribution in [3.8, 4) is 50.9 Å². The molecular formula is C72H58N4OPt-2. The number of nitrogens with zero attached hydrogens (tertiary/aromatic N) is 4. The number of aryl methyl sites for hydroxylation is 6. The van der Waals surface area contributed by atoms with Crippen molar-refractivity contribution in [3.63, 3.8) is 0 Å². The molecule has 8 bridgehead atoms. The number of aromatic nitrogens is 4. The van der Waals surface area contributed by atoms with Crippen LogP contribution in [0.15, 0.2) is 200 Å². The van der Waals surface area contributed by atoms with Gasteiger partial charge in [0, 0.05) is 44.3 Å². The second-order valence-corrected chi connectivity index (χ2v) is 22.1. The standard InChI is InChI=1S/C72H58N4O.Pt/c1-72(2,3)56-39-40-73-70(44-56)76-66-22-11-10-21-62(66)63-38-35-59(46-69(63)76)77-58-20-14-19-57(45-58)74-47-75(68-24-13-12-23-67(68)74)71-60-36-28-49-26-29-52(64(42-49)50-15-6-4-7-16-50)32-33-55-43-54(60)31-27-48-25-30-53(34-37-61(55)71)65(41-48)51-17-8-5-9-18-51;/h4-26,29-30,35,38-44H,27-28,31-34,36-37H2,1-3H3;/q-2;. The molecule has 0 spiro atoms. The topological polar surface area (TPSA) is 35.9 Å². The number of pyridine rings is 1. The predicted molar refractivity (Wildman–Crippen MR) is 312 cm³/mol. The Morgan fingerprint density at radius 3 is 1.82 bits per heavy atom. The Bertz CT molecular complexity index is 4240. The maximum atomic E-state index is 6.78. The van der Waals surface area contributed by atoms with Crippen LogP contribution in [0.1, 0.15) is 70.8 Å². The second kappa shape index (κ2) is 20.4. The molecule has 0 unspecified atom stereocenters. The van der Waals surface area contributed by atoms with Crippen LogP contribution >= 0.6 is 0 Å². The van der Waals surface area contributed by atoms with E-state index in [-0.39, 0.29) is 26.5 Å². The first-order chi connectivity index (χ1) is 37.8. The molecule has 9 aromatic carbocycles. The van der Waals surface area contributed by atoms with Gasteiger partial charge in [-0.2, -0.15) is 18.2 Å². The van der Waals surface area contributed by atoms with E-state index in [2.05, 4.69) is 235 Å². The molecule has 0 saturated carbocycles. The van der Waals surface area contributed by atoms with Gasteiger partial charge in [0.25, 0.3) is 6.33 Å². The summed E-state index contributed by atoms with van der Waals surface area (Å²) >= 11 is 0. The van der Waals surface area contributed by atoms with E-state index in [0.29, 0.717) is 11.5 Å². The van der Waals surface area contributed by atoms with E-state index in [4.69, 9.17) is 9.72 Å². The minimum atomic E-state index is -0.0330. The molecule has 0 radical (unpaired) electrons. The molecule has 0 amide bonds. The van der Waals surface area contributed by atoms with E-state index in [1.165, 1.54) is 78.0 Å². The van der Waals surface area contributed by atoms with Crippen LogP contribution in [0, 0.1) is 18.5 Å². The molecule has 8 aliphatic rings. The van der Waals surface area contributed by atoms with Crippen LogP contribution in [0.25, 0.3) is 72.3 Å². The number of hydrogen-bond donors (Lipinski definition) is 0. The minimum absolute atomic E-state index is 0. The summed E-state index contributed by atoms with van der Waals surface area (Å²) in [6, 6.07) is 78.4. The molecule has 20 rings (SSSR count). The van der Waals surface area contributed by atoms with Gasteiger partial charge in [0.2, 0.25) is 0 Å². The van der Waals surface area contributed by atoms with Crippen LogP contribution < -0.4 is 9.30 Å². The number of fused-ring (bicyclic) bond motifs is 4. The van der Waals surface area contributed by atoms with Gasteiger partial charge in [-0.05, 0) is 158 Å². The van der Waals surface area contributed by atoms with Crippen molar-refractivity contribution in [2.75, 3.05) is 0 Å². The van der Waals surface area contributed by atoms with Gasteiger partial charge in [0.1, 0.15) is 5.82 Å². The van der Waals surface area contributed by atoms with Crippen molar-refractivity contribution >= 4 is 32.8 Å². The Morgan fingerprint density at radius 2 is 1.10 bits per heavy atom. The normalized spacial score (nSPS) is 13.3. The molecule has 0 N–H and O–H groups in total. The summed E-state index contributed by atoms with van der Waals surface area (Å²) < 4.78 is 13.6. The fourth-order valence-corrected chi connectivity index (χ4v) is 12.3. The van der Waals surface area contributed by atoms with Crippen LogP contribution in [-0.2, 0) is 77.8 Å². The monoisotopic (exact) mass is 1190 g/mol. The third kappa shape index (κ3) is 9.08. The average molecular weight is 1190 g/mol. The van der Waals surface area contributed by atoms with E-state index in [0.717, 1.165) is 95.7 Å². The Morgan fingerprint density at radius 1 is 0.500 bits per heavy atom. The van der Waals surface area contributed by atoms with Crippen molar-refractivity contribution < 1.29 is 30.4 Å². The van der Waals surface area contributed by atoms with Crippen LogP contribution in [0.3, 0.4) is 0 Å². The molecule has 3 heterocycles. The Balaban J connectivity index is 0.00000579. The van der Waals surface area contributed by atoms with Gasteiger partial charge in [0.15, 0.2) is 0 Å². The molecule has 5 nitrogen and oxygen atoms in total. The molecule has 384 valence electrons. The van der Waals surface area contributed by atoms with Gasteiger partial charge >= 0.3 is 0 Å². The minimum Gasteiger partial charge on any atom is -0.510 e. The summed E-state index contributed by atoms with van der Waals surface area (Å²) in [6.45, 7) is 6.71. The van der Waals surface area contributed by atoms with Crippen molar-refractivity contribution in [2.45, 2.75) is 77.6 Å². The van der Waals surface area contributed by atoms with Crippen LogP contribution in [-0.4, -0.2) is 14.1 Å². The first-order valence-electron chi connectivity index (χ1n) is 27.4. The molecule has 6 heteroatoms. The van der Waals surface area contributed by atoms with Gasteiger partial charge < -0.3 is 13.9 Å². The number of rotatable bonds is 7. The summed E-state index contributed by atoms with van der Waals surface area (Å²) in [5.74, 6) is 2.06. The average Bonchev–Trinajstić information content (AvgIpc) is 4.11. The van der Waals surface area contributed by atoms with E-state index < -0.39 is 0 Å². The van der Waals surface area contributed by atoms with Crippen LogP contribution in [0.5, 0.6) is 11.5 Å². The third-order valence-corrected chi connectivity index (χ3v) is 16.3. The van der Waals surface area contributed by atoms with Gasteiger partial charge in [-0.1, -0.05) is 172 Å². The van der Waals surface area contributed by atoms with Crippen molar-refractivity contribution in [2.24, 2.45) is 0 Å². The van der Waals surface area contributed by atoms with Gasteiger partial charge in [-0.15, -0.1) is 29.7 Å². The zero-order chi connectivity index (χ0) is 51.6. The van der Waals surface area contributed by atoms with Crippen LogP contribution in [0.4, 0.5) is 0 Å². The third-order valence-electron chi connectivity index (χ3n) is 16.3.